The van der Waals surface area contributed by atoms with Gasteiger partial charge in [-0.15, -0.1) is 0 Å². The lowest BCUT2D eigenvalue weighted by Gasteiger charge is -2.38. The van der Waals surface area contributed by atoms with Crippen LogP contribution >= 0.6 is 0 Å². The fourth-order valence-corrected chi connectivity index (χ4v) is 4.05. The number of nitrogens with zero attached hydrogens (tertiary/aromatic N) is 4. The Kier molecular flexibility index (Phi) is 5.24. The molecule has 2 aliphatic heterocycles. The number of carbonyl (C=O) groups is 2. The lowest BCUT2D eigenvalue weighted by atomic mass is 9.98. The summed E-state index contributed by atoms with van der Waals surface area (Å²) in [5.41, 5.74) is 6.21. The molecule has 0 spiro atoms. The van der Waals surface area contributed by atoms with Crippen LogP contribution in [0.3, 0.4) is 0 Å². The van der Waals surface area contributed by atoms with E-state index in [-0.39, 0.29) is 11.8 Å². The van der Waals surface area contributed by atoms with E-state index in [9.17, 15) is 9.59 Å². The largest absolute Gasteiger partial charge is 0.296 e. The van der Waals surface area contributed by atoms with Crippen molar-refractivity contribution in [2.75, 3.05) is 26.2 Å². The highest BCUT2D eigenvalue weighted by Crippen LogP contribution is 2.26. The molecule has 0 atom stereocenters. The first kappa shape index (κ1) is 18.8. The number of aromatic nitrogens is 1. The highest BCUT2D eigenvalue weighted by molar-refractivity contribution is 6.01. The van der Waals surface area contributed by atoms with Crippen molar-refractivity contribution in [3.8, 4) is 11.1 Å². The number of carbonyl (C=O) groups excluding carboxylic acids is 2. The Labute approximate surface area is 165 Å². The molecule has 2 saturated heterocycles. The number of pyridine rings is 1. The highest BCUT2D eigenvalue weighted by atomic mass is 16.2. The maximum Gasteiger partial charge on any atom is 0.244 e. The number of rotatable bonds is 4. The highest BCUT2D eigenvalue weighted by Gasteiger charge is 2.35. The molecule has 6 heteroatoms. The van der Waals surface area contributed by atoms with E-state index < -0.39 is 0 Å². The molecular weight excluding hydrogens is 352 g/mol. The Balaban J connectivity index is 1.40. The summed E-state index contributed by atoms with van der Waals surface area (Å²) in [7, 11) is 0. The summed E-state index contributed by atoms with van der Waals surface area (Å²) in [6, 6.07) is 8.70. The molecule has 28 heavy (non-hydrogen) atoms. The molecule has 2 aromatic rings. The molecule has 2 fully saturated rings. The summed E-state index contributed by atoms with van der Waals surface area (Å²) >= 11 is 0. The van der Waals surface area contributed by atoms with Crippen LogP contribution in [0.25, 0.3) is 11.1 Å². The first-order valence-corrected chi connectivity index (χ1v) is 9.86. The first-order valence-electron chi connectivity index (χ1n) is 9.86. The number of hydrogen-bond acceptors (Lipinski definition) is 5. The molecule has 6 nitrogen and oxygen atoms in total. The van der Waals surface area contributed by atoms with Crippen LogP contribution in [0.5, 0.6) is 0 Å². The van der Waals surface area contributed by atoms with Crippen LogP contribution in [-0.4, -0.2) is 57.9 Å². The van der Waals surface area contributed by atoms with Gasteiger partial charge >= 0.3 is 0 Å². The van der Waals surface area contributed by atoms with Crippen LogP contribution in [0.4, 0.5) is 0 Å². The van der Waals surface area contributed by atoms with E-state index in [1.54, 1.807) is 0 Å². The molecule has 2 aliphatic rings. The molecule has 4 rings (SSSR count). The zero-order valence-electron chi connectivity index (χ0n) is 16.5. The minimum atomic E-state index is -0.0590. The van der Waals surface area contributed by atoms with E-state index >= 15 is 0 Å². The van der Waals surface area contributed by atoms with Gasteiger partial charge < -0.3 is 0 Å². The van der Waals surface area contributed by atoms with Crippen molar-refractivity contribution in [2.45, 2.75) is 33.2 Å². The summed E-state index contributed by atoms with van der Waals surface area (Å²) in [5, 5.41) is 3.28. The third-order valence-electron chi connectivity index (χ3n) is 5.72. The second-order valence-electron chi connectivity index (χ2n) is 7.66. The van der Waals surface area contributed by atoms with Crippen LogP contribution in [0.15, 0.2) is 36.7 Å². The van der Waals surface area contributed by atoms with Gasteiger partial charge in [0.05, 0.1) is 0 Å². The van der Waals surface area contributed by atoms with E-state index in [0.717, 1.165) is 19.6 Å². The molecule has 146 valence electrons. The lowest BCUT2D eigenvalue weighted by molar-refractivity contribution is -0.160. The minimum absolute atomic E-state index is 0.0590. The molecule has 0 radical (unpaired) electrons. The maximum absolute atomic E-state index is 11.9. The van der Waals surface area contributed by atoms with Gasteiger partial charge in [-0.2, -0.15) is 0 Å². The fraction of sp³-hybridized carbons (Fsp3) is 0.409. The van der Waals surface area contributed by atoms with E-state index in [1.165, 1.54) is 32.8 Å². The minimum Gasteiger partial charge on any atom is -0.296 e. The van der Waals surface area contributed by atoms with Crippen LogP contribution in [0, 0.1) is 13.8 Å². The number of aryl methyl sites for hydroxylation is 2. The topological polar surface area (TPSA) is 56.8 Å². The molecule has 0 aliphatic carbocycles. The van der Waals surface area contributed by atoms with Crippen LogP contribution in [0.2, 0.25) is 0 Å². The number of hydrazine groups is 1. The molecule has 1 aromatic heterocycles. The summed E-state index contributed by atoms with van der Waals surface area (Å²) < 4.78 is 0. The van der Waals surface area contributed by atoms with Gasteiger partial charge in [0.2, 0.25) is 11.8 Å². The van der Waals surface area contributed by atoms with Gasteiger partial charge in [-0.05, 0) is 47.7 Å². The molecular formula is C22H26N4O2. The van der Waals surface area contributed by atoms with E-state index in [1.807, 2.05) is 17.4 Å². The lowest BCUT2D eigenvalue weighted by Crippen LogP contribution is -2.55. The summed E-state index contributed by atoms with van der Waals surface area (Å²) in [4.78, 5) is 30.4. The van der Waals surface area contributed by atoms with E-state index in [4.69, 9.17) is 0 Å². The summed E-state index contributed by atoms with van der Waals surface area (Å²) in [6.07, 6.45) is 4.43. The molecule has 0 bridgehead atoms. The third-order valence-corrected chi connectivity index (χ3v) is 5.72. The van der Waals surface area contributed by atoms with Crippen LogP contribution < -0.4 is 0 Å². The van der Waals surface area contributed by atoms with Gasteiger partial charge in [0.15, 0.2) is 0 Å². The van der Waals surface area contributed by atoms with Gasteiger partial charge in [-0.25, -0.2) is 10.0 Å². The number of imide groups is 1. The molecule has 0 unspecified atom stereocenters. The van der Waals surface area contributed by atoms with Crippen LogP contribution in [0.1, 0.15) is 29.5 Å². The Morgan fingerprint density at radius 1 is 0.929 bits per heavy atom. The Morgan fingerprint density at radius 3 is 2.29 bits per heavy atom. The molecule has 3 heterocycles. The van der Waals surface area contributed by atoms with Crippen molar-refractivity contribution in [1.29, 1.82) is 0 Å². The van der Waals surface area contributed by atoms with E-state index in [0.29, 0.717) is 25.9 Å². The van der Waals surface area contributed by atoms with Crippen molar-refractivity contribution in [3.63, 3.8) is 0 Å². The standard InChI is InChI=1S/C22H26N4O2/c1-16-13-18(20-7-8-23-14-17(20)2)3-4-19(16)15-24-9-11-25(12-10-24)26-21(27)5-6-22(26)28/h3-4,7-8,13-14H,5-6,9-12,15H2,1-2H3. The van der Waals surface area contributed by atoms with Crippen molar-refractivity contribution in [3.05, 3.63) is 53.3 Å². The number of piperazine rings is 1. The number of hydrogen-bond donors (Lipinski definition) is 0. The predicted molar refractivity (Wildman–Crippen MR) is 107 cm³/mol. The normalized spacial score (nSPS) is 18.9. The summed E-state index contributed by atoms with van der Waals surface area (Å²) in [5.74, 6) is -0.118. The molecule has 0 saturated carbocycles. The smallest absolute Gasteiger partial charge is 0.244 e. The van der Waals surface area contributed by atoms with Gasteiger partial charge in [0.25, 0.3) is 0 Å². The zero-order valence-corrected chi connectivity index (χ0v) is 16.5. The van der Waals surface area contributed by atoms with Crippen molar-refractivity contribution in [1.82, 2.24) is 19.9 Å². The third kappa shape index (κ3) is 3.70. The van der Waals surface area contributed by atoms with Crippen molar-refractivity contribution >= 4 is 11.8 Å². The molecule has 2 amide bonds. The SMILES string of the molecule is Cc1cc(-c2ccncc2C)ccc1CN1CCN(N2C(=O)CCC2=O)CC1. The van der Waals surface area contributed by atoms with Crippen molar-refractivity contribution in [2.24, 2.45) is 0 Å². The predicted octanol–water partition coefficient (Wildman–Crippen LogP) is 2.55. The maximum atomic E-state index is 11.9. The Bertz CT molecular complexity index is 887. The van der Waals surface area contributed by atoms with Crippen molar-refractivity contribution < 1.29 is 9.59 Å². The molecule has 0 N–H and O–H groups in total. The van der Waals surface area contributed by atoms with Gasteiger partial charge in [-0.1, -0.05) is 18.2 Å². The van der Waals surface area contributed by atoms with Gasteiger partial charge in [-0.3, -0.25) is 19.5 Å². The quantitative estimate of drug-likeness (QED) is 0.766. The Morgan fingerprint density at radius 2 is 1.64 bits per heavy atom. The van der Waals surface area contributed by atoms with Gasteiger partial charge in [0.1, 0.15) is 0 Å². The van der Waals surface area contributed by atoms with E-state index in [2.05, 4.69) is 48.0 Å². The first-order chi connectivity index (χ1) is 13.5. The second-order valence-corrected chi connectivity index (χ2v) is 7.66. The van der Waals surface area contributed by atoms with Crippen LogP contribution in [-0.2, 0) is 16.1 Å². The van der Waals surface area contributed by atoms with Gasteiger partial charge in [0, 0.05) is 58.0 Å². The number of benzene rings is 1. The average Bonchev–Trinajstić information content (AvgIpc) is 3.03. The zero-order chi connectivity index (χ0) is 19.7. The fourth-order valence-electron chi connectivity index (χ4n) is 4.05. The summed E-state index contributed by atoms with van der Waals surface area (Å²) in [6.45, 7) is 8.25. The Hall–Kier alpha value is -2.57. The average molecular weight is 378 g/mol. The second kappa shape index (κ2) is 7.81. The monoisotopic (exact) mass is 378 g/mol. The number of amides is 2. The molecule has 1 aromatic carbocycles.